The third kappa shape index (κ3) is 0.956. The van der Waals surface area contributed by atoms with Crippen molar-refractivity contribution in [2.24, 2.45) is 10.4 Å². The molecule has 0 aromatic heterocycles. The Balaban J connectivity index is 2.47. The molecule has 7 heavy (non-hydrogen) atoms. The van der Waals surface area contributed by atoms with Crippen LogP contribution in [0.3, 0.4) is 0 Å². The van der Waals surface area contributed by atoms with Crippen LogP contribution in [0.15, 0.2) is 10.4 Å². The Morgan fingerprint density at radius 2 is 2.57 bits per heavy atom. The molecular formula is C3H4N2O2. The number of carbonyl (C=O) groups excluding carboxylic acids is 1. The van der Waals surface area contributed by atoms with Crippen LogP contribution in [0.25, 0.3) is 0 Å². The number of nitrogens with zero attached hydrogens (tertiary/aromatic N) is 2. The summed E-state index contributed by atoms with van der Waals surface area (Å²) in [5.41, 5.74) is 0. The Hall–Kier alpha value is -0.930. The van der Waals surface area contributed by atoms with Crippen molar-refractivity contribution in [3.8, 4) is 0 Å². The largest absolute Gasteiger partial charge is 0.371 e. The summed E-state index contributed by atoms with van der Waals surface area (Å²) in [6.07, 6.45) is 0. The van der Waals surface area contributed by atoms with Crippen molar-refractivity contribution in [2.75, 3.05) is 13.2 Å². The van der Waals surface area contributed by atoms with E-state index in [1.54, 1.807) is 0 Å². The van der Waals surface area contributed by atoms with Crippen molar-refractivity contribution in [3.05, 3.63) is 0 Å². The van der Waals surface area contributed by atoms with Gasteiger partial charge in [0.1, 0.15) is 6.54 Å². The van der Waals surface area contributed by atoms with Crippen LogP contribution in [-0.2, 0) is 9.63 Å². The summed E-state index contributed by atoms with van der Waals surface area (Å²) in [5.74, 6) is -0.0185. The van der Waals surface area contributed by atoms with Crippen molar-refractivity contribution >= 4 is 5.78 Å². The fourth-order valence-electron chi connectivity index (χ4n) is 0.295. The number of rotatable bonds is 0. The van der Waals surface area contributed by atoms with E-state index >= 15 is 0 Å². The lowest BCUT2D eigenvalue weighted by atomic mass is 10.4. The quantitative estimate of drug-likeness (QED) is 0.428. The van der Waals surface area contributed by atoms with Crippen molar-refractivity contribution in [1.29, 1.82) is 0 Å². The first-order chi connectivity index (χ1) is 3.39. The molecule has 0 amide bonds. The van der Waals surface area contributed by atoms with Gasteiger partial charge < -0.3 is 4.84 Å². The summed E-state index contributed by atoms with van der Waals surface area (Å²) in [6, 6.07) is 0. The van der Waals surface area contributed by atoms with Crippen LogP contribution in [0.4, 0.5) is 0 Å². The van der Waals surface area contributed by atoms with Gasteiger partial charge in [-0.1, -0.05) is 0 Å². The van der Waals surface area contributed by atoms with Crippen molar-refractivity contribution in [1.82, 2.24) is 0 Å². The molecule has 0 N–H and O–H groups in total. The highest BCUT2D eigenvalue weighted by Gasteiger charge is 2.03. The summed E-state index contributed by atoms with van der Waals surface area (Å²) >= 11 is 0. The topological polar surface area (TPSA) is 51.0 Å². The Bertz CT molecular complexity index is 110. The van der Waals surface area contributed by atoms with Gasteiger partial charge in [0.2, 0.25) is 0 Å². The third-order valence-corrected chi connectivity index (χ3v) is 0.588. The molecule has 4 nitrogen and oxygen atoms in total. The van der Waals surface area contributed by atoms with E-state index in [0.717, 1.165) is 0 Å². The smallest absolute Gasteiger partial charge is 0.196 e. The second-order valence-corrected chi connectivity index (χ2v) is 1.19. The summed E-state index contributed by atoms with van der Waals surface area (Å²) < 4.78 is 0. The first-order valence-electron chi connectivity index (χ1n) is 1.90. The van der Waals surface area contributed by atoms with Gasteiger partial charge >= 0.3 is 0 Å². The first-order valence-corrected chi connectivity index (χ1v) is 1.90. The number of ketones is 1. The van der Waals surface area contributed by atoms with Crippen LogP contribution >= 0.6 is 0 Å². The van der Waals surface area contributed by atoms with Crippen molar-refractivity contribution in [3.63, 3.8) is 0 Å². The number of carbonyl (C=O) groups is 1. The normalized spacial score (nSPS) is 19.1. The van der Waals surface area contributed by atoms with E-state index in [9.17, 15) is 4.79 Å². The molecule has 0 saturated carbocycles. The Morgan fingerprint density at radius 3 is 2.86 bits per heavy atom. The predicted octanol–water partition coefficient (Wildman–Crippen LogP) is -0.0471. The average molecular weight is 100 g/mol. The predicted molar refractivity (Wildman–Crippen MR) is 20.7 cm³/mol. The van der Waals surface area contributed by atoms with E-state index < -0.39 is 0 Å². The van der Waals surface area contributed by atoms with Gasteiger partial charge in [-0.05, 0) is 0 Å². The minimum absolute atomic E-state index is 0.0185. The number of Topliss-reactive ketones (excluding diaryl/α,β-unsaturated/α-hetero) is 1. The lowest BCUT2D eigenvalue weighted by Gasteiger charge is -1.97. The van der Waals surface area contributed by atoms with Crippen molar-refractivity contribution in [2.45, 2.75) is 0 Å². The minimum Gasteiger partial charge on any atom is -0.371 e. The summed E-state index contributed by atoms with van der Waals surface area (Å²) in [5, 5.41) is 6.44. The highest BCUT2D eigenvalue weighted by molar-refractivity contribution is 5.81. The molecule has 1 rings (SSSR count). The molecule has 38 valence electrons. The molecule has 0 fully saturated rings. The maximum absolute atomic E-state index is 10.2. The number of hydrogen-bond donors (Lipinski definition) is 0. The van der Waals surface area contributed by atoms with E-state index in [1.807, 2.05) is 0 Å². The Morgan fingerprint density at radius 1 is 1.71 bits per heavy atom. The van der Waals surface area contributed by atoms with E-state index in [1.165, 1.54) is 0 Å². The number of hydrogen-bond acceptors (Lipinski definition) is 4. The molecule has 0 unspecified atom stereocenters. The second kappa shape index (κ2) is 1.68. The van der Waals surface area contributed by atoms with Gasteiger partial charge in [-0.15, -0.1) is 5.11 Å². The molecule has 0 saturated heterocycles. The zero-order valence-electron chi connectivity index (χ0n) is 3.63. The van der Waals surface area contributed by atoms with Gasteiger partial charge in [-0.2, -0.15) is 0 Å². The molecule has 4 heteroatoms. The minimum atomic E-state index is -0.0185. The fourth-order valence-corrected chi connectivity index (χ4v) is 0.295. The molecule has 1 aliphatic heterocycles. The van der Waals surface area contributed by atoms with Gasteiger partial charge in [-0.3, -0.25) is 4.79 Å². The monoisotopic (exact) mass is 100 g/mol. The molecule has 1 heterocycles. The zero-order valence-corrected chi connectivity index (χ0v) is 3.63. The van der Waals surface area contributed by atoms with Gasteiger partial charge in [0.15, 0.2) is 12.4 Å². The van der Waals surface area contributed by atoms with E-state index in [-0.39, 0.29) is 18.9 Å². The first kappa shape index (κ1) is 4.23. The summed E-state index contributed by atoms with van der Waals surface area (Å²) in [4.78, 5) is 14.5. The van der Waals surface area contributed by atoms with Crippen LogP contribution in [-0.4, -0.2) is 18.9 Å². The molecule has 1 aliphatic rings. The molecule has 0 aromatic carbocycles. The maximum atomic E-state index is 10.2. The van der Waals surface area contributed by atoms with E-state index in [4.69, 9.17) is 0 Å². The molecule has 0 radical (unpaired) electrons. The molecular weight excluding hydrogens is 96.0 g/mol. The molecule has 0 spiro atoms. The lowest BCUT2D eigenvalue weighted by molar-refractivity contribution is -0.124. The zero-order chi connectivity index (χ0) is 5.11. The molecule has 0 atom stereocenters. The van der Waals surface area contributed by atoms with E-state index in [2.05, 4.69) is 15.2 Å². The van der Waals surface area contributed by atoms with Crippen LogP contribution in [0.1, 0.15) is 0 Å². The van der Waals surface area contributed by atoms with E-state index in [0.29, 0.717) is 0 Å². The van der Waals surface area contributed by atoms with Crippen LogP contribution in [0.5, 0.6) is 0 Å². The Kier molecular flexibility index (Phi) is 1.02. The van der Waals surface area contributed by atoms with Crippen LogP contribution < -0.4 is 0 Å². The molecule has 0 bridgehead atoms. The average Bonchev–Trinajstić information content (AvgIpc) is 1.69. The summed E-state index contributed by atoms with van der Waals surface area (Å²) in [7, 11) is 0. The highest BCUT2D eigenvalue weighted by atomic mass is 16.6. The van der Waals surface area contributed by atoms with Gasteiger partial charge in [-0.25, -0.2) is 0 Å². The van der Waals surface area contributed by atoms with Gasteiger partial charge in [0.05, 0.1) is 0 Å². The molecule has 0 aliphatic carbocycles. The third-order valence-electron chi connectivity index (χ3n) is 0.588. The maximum Gasteiger partial charge on any atom is 0.196 e. The summed E-state index contributed by atoms with van der Waals surface area (Å²) in [6.45, 7) is 0.267. The van der Waals surface area contributed by atoms with Gasteiger partial charge in [0, 0.05) is 5.28 Å². The lowest BCUT2D eigenvalue weighted by Crippen LogP contribution is -2.12. The SMILES string of the molecule is O=C1CN=NOC1. The highest BCUT2D eigenvalue weighted by Crippen LogP contribution is 1.88. The van der Waals surface area contributed by atoms with Crippen LogP contribution in [0.2, 0.25) is 0 Å². The van der Waals surface area contributed by atoms with Gasteiger partial charge in [0.25, 0.3) is 0 Å². The van der Waals surface area contributed by atoms with Crippen molar-refractivity contribution < 1.29 is 9.63 Å². The Labute approximate surface area is 40.1 Å². The fraction of sp³-hybridized carbons (Fsp3) is 0.667. The second-order valence-electron chi connectivity index (χ2n) is 1.19. The van der Waals surface area contributed by atoms with Crippen LogP contribution in [0, 0.1) is 0 Å². The standard InChI is InChI=1S/C3H4N2O2/c6-3-1-4-5-7-2-3/h1-2H2. The molecule has 0 aromatic rings.